The van der Waals surface area contributed by atoms with Gasteiger partial charge in [0.2, 0.25) is 0 Å². The van der Waals surface area contributed by atoms with Gasteiger partial charge in [-0.25, -0.2) is 0 Å². The highest BCUT2D eigenvalue weighted by molar-refractivity contribution is 7.10. The van der Waals surface area contributed by atoms with Gasteiger partial charge in [0, 0.05) is 37.1 Å². The van der Waals surface area contributed by atoms with E-state index in [1.165, 1.54) is 25.1 Å². The molecule has 1 N–H and O–H groups in total. The molecule has 1 aliphatic heterocycles. The second kappa shape index (κ2) is 5.10. The van der Waals surface area contributed by atoms with E-state index in [0.29, 0.717) is 6.04 Å². The van der Waals surface area contributed by atoms with Crippen molar-refractivity contribution in [1.29, 1.82) is 0 Å². The SMILES string of the molecule is CC[C@@H](c1sccc1C)N1CCNCC1. The van der Waals surface area contributed by atoms with Crippen molar-refractivity contribution in [3.8, 4) is 0 Å². The van der Waals surface area contributed by atoms with E-state index in [0.717, 1.165) is 13.1 Å². The minimum absolute atomic E-state index is 0.645. The highest BCUT2D eigenvalue weighted by Gasteiger charge is 2.22. The van der Waals surface area contributed by atoms with Crippen LogP contribution in [0.15, 0.2) is 11.4 Å². The predicted octanol–water partition coefficient (Wildman–Crippen LogP) is 2.41. The van der Waals surface area contributed by atoms with Gasteiger partial charge in [0.05, 0.1) is 0 Å². The molecule has 0 unspecified atom stereocenters. The van der Waals surface area contributed by atoms with Crippen LogP contribution in [0.2, 0.25) is 0 Å². The Morgan fingerprint density at radius 2 is 2.20 bits per heavy atom. The van der Waals surface area contributed by atoms with Crippen LogP contribution in [-0.4, -0.2) is 31.1 Å². The highest BCUT2D eigenvalue weighted by Crippen LogP contribution is 2.31. The first-order chi connectivity index (χ1) is 7.33. The zero-order valence-electron chi connectivity index (χ0n) is 9.62. The molecule has 0 aromatic carbocycles. The molecule has 3 heteroatoms. The first-order valence-electron chi connectivity index (χ1n) is 5.81. The summed E-state index contributed by atoms with van der Waals surface area (Å²) in [5.41, 5.74) is 1.46. The Balaban J connectivity index is 2.12. The number of piperazine rings is 1. The molecule has 84 valence electrons. The molecule has 2 nitrogen and oxygen atoms in total. The summed E-state index contributed by atoms with van der Waals surface area (Å²) in [6.07, 6.45) is 1.22. The van der Waals surface area contributed by atoms with Gasteiger partial charge in [0.15, 0.2) is 0 Å². The molecule has 0 aliphatic carbocycles. The summed E-state index contributed by atoms with van der Waals surface area (Å²) in [6, 6.07) is 2.89. The molecule has 2 rings (SSSR count). The number of aryl methyl sites for hydroxylation is 1. The third-order valence-corrected chi connectivity index (χ3v) is 4.30. The Hall–Kier alpha value is -0.380. The third-order valence-electron chi connectivity index (χ3n) is 3.18. The van der Waals surface area contributed by atoms with Gasteiger partial charge in [-0.05, 0) is 30.4 Å². The minimum atomic E-state index is 0.645. The lowest BCUT2D eigenvalue weighted by Gasteiger charge is -2.34. The quantitative estimate of drug-likeness (QED) is 0.848. The average Bonchev–Trinajstić information content (AvgIpc) is 2.68. The van der Waals surface area contributed by atoms with Crippen LogP contribution in [0.4, 0.5) is 0 Å². The summed E-state index contributed by atoms with van der Waals surface area (Å²) in [5.74, 6) is 0. The van der Waals surface area contributed by atoms with E-state index >= 15 is 0 Å². The highest BCUT2D eigenvalue weighted by atomic mass is 32.1. The summed E-state index contributed by atoms with van der Waals surface area (Å²) in [6.45, 7) is 9.19. The lowest BCUT2D eigenvalue weighted by atomic mass is 10.1. The standard InChI is InChI=1S/C12H20N2S/c1-3-11(12-10(2)4-9-15-12)14-7-5-13-6-8-14/h4,9,11,13H,3,5-8H2,1-2H3/t11-/m0/s1. The van der Waals surface area contributed by atoms with Gasteiger partial charge >= 0.3 is 0 Å². The molecule has 1 aromatic heterocycles. The van der Waals surface area contributed by atoms with E-state index in [1.807, 2.05) is 11.3 Å². The van der Waals surface area contributed by atoms with Gasteiger partial charge < -0.3 is 5.32 Å². The van der Waals surface area contributed by atoms with Crippen LogP contribution in [0.25, 0.3) is 0 Å². The molecule has 15 heavy (non-hydrogen) atoms. The average molecular weight is 224 g/mol. The molecule has 1 aliphatic rings. The molecule has 0 bridgehead atoms. The topological polar surface area (TPSA) is 15.3 Å². The largest absolute Gasteiger partial charge is 0.314 e. The molecule has 0 spiro atoms. The molecule has 0 amide bonds. The van der Waals surface area contributed by atoms with Crippen LogP contribution < -0.4 is 5.32 Å². The lowest BCUT2D eigenvalue weighted by Crippen LogP contribution is -2.44. The second-order valence-corrected chi connectivity index (χ2v) is 5.13. The van der Waals surface area contributed by atoms with Crippen LogP contribution in [0.5, 0.6) is 0 Å². The zero-order valence-corrected chi connectivity index (χ0v) is 10.4. The zero-order chi connectivity index (χ0) is 10.7. The Morgan fingerprint density at radius 3 is 2.73 bits per heavy atom. The van der Waals surface area contributed by atoms with Crippen molar-refractivity contribution in [3.63, 3.8) is 0 Å². The maximum atomic E-state index is 3.42. The van der Waals surface area contributed by atoms with Crippen LogP contribution >= 0.6 is 11.3 Å². The lowest BCUT2D eigenvalue weighted by molar-refractivity contribution is 0.171. The fraction of sp³-hybridized carbons (Fsp3) is 0.667. The van der Waals surface area contributed by atoms with Crippen molar-refractivity contribution in [2.75, 3.05) is 26.2 Å². The molecular formula is C12H20N2S. The molecule has 2 heterocycles. The van der Waals surface area contributed by atoms with E-state index in [1.54, 1.807) is 4.88 Å². The summed E-state index contributed by atoms with van der Waals surface area (Å²) in [4.78, 5) is 4.19. The number of thiophene rings is 1. The molecule has 1 aromatic rings. The Kier molecular flexibility index (Phi) is 3.78. The molecule has 0 saturated carbocycles. The summed E-state index contributed by atoms with van der Waals surface area (Å²) in [5, 5.41) is 5.63. The summed E-state index contributed by atoms with van der Waals surface area (Å²) >= 11 is 1.91. The van der Waals surface area contributed by atoms with Crippen molar-refractivity contribution >= 4 is 11.3 Å². The van der Waals surface area contributed by atoms with Crippen LogP contribution in [0, 0.1) is 6.92 Å². The number of nitrogens with zero attached hydrogens (tertiary/aromatic N) is 1. The van der Waals surface area contributed by atoms with Gasteiger partial charge in [-0.3, -0.25) is 4.90 Å². The van der Waals surface area contributed by atoms with Crippen molar-refractivity contribution in [3.05, 3.63) is 21.9 Å². The smallest absolute Gasteiger partial charge is 0.0442 e. The van der Waals surface area contributed by atoms with E-state index in [9.17, 15) is 0 Å². The van der Waals surface area contributed by atoms with Gasteiger partial charge in [-0.15, -0.1) is 11.3 Å². The minimum Gasteiger partial charge on any atom is -0.314 e. The summed E-state index contributed by atoms with van der Waals surface area (Å²) in [7, 11) is 0. The molecule has 1 atom stereocenters. The first-order valence-corrected chi connectivity index (χ1v) is 6.69. The Bertz CT molecular complexity index is 302. The first kappa shape index (κ1) is 11.1. The number of nitrogens with one attached hydrogen (secondary N) is 1. The maximum absolute atomic E-state index is 3.42. The molecule has 0 radical (unpaired) electrons. The third kappa shape index (κ3) is 2.41. The van der Waals surface area contributed by atoms with Crippen molar-refractivity contribution in [2.45, 2.75) is 26.3 Å². The Morgan fingerprint density at radius 1 is 1.47 bits per heavy atom. The Labute approximate surface area is 96.3 Å². The monoisotopic (exact) mass is 224 g/mol. The normalized spacial score (nSPS) is 20.4. The fourth-order valence-corrected chi connectivity index (χ4v) is 3.47. The summed E-state index contributed by atoms with van der Waals surface area (Å²) < 4.78 is 0. The van der Waals surface area contributed by atoms with E-state index in [2.05, 4.69) is 35.5 Å². The number of rotatable bonds is 3. The fourth-order valence-electron chi connectivity index (χ4n) is 2.33. The van der Waals surface area contributed by atoms with Gasteiger partial charge in [0.25, 0.3) is 0 Å². The van der Waals surface area contributed by atoms with Gasteiger partial charge in [-0.2, -0.15) is 0 Å². The molecule has 1 saturated heterocycles. The van der Waals surface area contributed by atoms with Crippen LogP contribution in [0.1, 0.15) is 29.8 Å². The molecular weight excluding hydrogens is 204 g/mol. The predicted molar refractivity (Wildman–Crippen MR) is 66.5 cm³/mol. The van der Waals surface area contributed by atoms with Crippen LogP contribution in [0.3, 0.4) is 0 Å². The van der Waals surface area contributed by atoms with Crippen molar-refractivity contribution < 1.29 is 0 Å². The molecule has 1 fully saturated rings. The van der Waals surface area contributed by atoms with E-state index < -0.39 is 0 Å². The number of hydrogen-bond donors (Lipinski definition) is 1. The van der Waals surface area contributed by atoms with E-state index in [4.69, 9.17) is 0 Å². The van der Waals surface area contributed by atoms with Gasteiger partial charge in [-0.1, -0.05) is 6.92 Å². The van der Waals surface area contributed by atoms with Crippen molar-refractivity contribution in [2.24, 2.45) is 0 Å². The number of hydrogen-bond acceptors (Lipinski definition) is 3. The maximum Gasteiger partial charge on any atom is 0.0442 e. The second-order valence-electron chi connectivity index (χ2n) is 4.18. The van der Waals surface area contributed by atoms with Gasteiger partial charge in [0.1, 0.15) is 0 Å². The van der Waals surface area contributed by atoms with Crippen molar-refractivity contribution in [1.82, 2.24) is 10.2 Å². The van der Waals surface area contributed by atoms with Crippen LogP contribution in [-0.2, 0) is 0 Å². The van der Waals surface area contributed by atoms with E-state index in [-0.39, 0.29) is 0 Å².